The van der Waals surface area contributed by atoms with Gasteiger partial charge in [-0.2, -0.15) is 6.42 Å². The fourth-order valence-electron chi connectivity index (χ4n) is 1.51. The Morgan fingerprint density at radius 3 is 2.38 bits per heavy atom. The predicted octanol–water partition coefficient (Wildman–Crippen LogP) is -1.21. The molecule has 0 saturated heterocycles. The number of fused-ring (bicyclic) bond motifs is 2. The van der Waals surface area contributed by atoms with Crippen LogP contribution in [0.3, 0.4) is 0 Å². The molecule has 2 atom stereocenters. The molecule has 0 aromatic rings. The van der Waals surface area contributed by atoms with Gasteiger partial charge in [0, 0.05) is 0 Å². The summed E-state index contributed by atoms with van der Waals surface area (Å²) in [6.45, 7) is 0. The zero-order chi connectivity index (χ0) is 4.69. The Morgan fingerprint density at radius 2 is 2.25 bits per heavy atom. The van der Waals surface area contributed by atoms with Crippen LogP contribution in [0.15, 0.2) is 12.2 Å². The van der Waals surface area contributed by atoms with Crippen LogP contribution in [0.5, 0.6) is 0 Å². The molecule has 0 amide bonds. The van der Waals surface area contributed by atoms with Crippen molar-refractivity contribution in [3.8, 4) is 0 Å². The molecular formula is C7H9Na. The molecular weight excluding hydrogens is 107 g/mol. The van der Waals surface area contributed by atoms with Crippen LogP contribution in [0.25, 0.3) is 0 Å². The van der Waals surface area contributed by atoms with E-state index in [4.69, 9.17) is 0 Å². The Labute approximate surface area is 72.6 Å². The third kappa shape index (κ3) is 1.02. The van der Waals surface area contributed by atoms with Gasteiger partial charge in [0.15, 0.2) is 0 Å². The molecule has 0 N–H and O–H groups in total. The molecule has 0 spiro atoms. The second-order valence-corrected chi connectivity index (χ2v) is 2.52. The van der Waals surface area contributed by atoms with E-state index in [1.807, 2.05) is 0 Å². The van der Waals surface area contributed by atoms with E-state index < -0.39 is 0 Å². The van der Waals surface area contributed by atoms with Gasteiger partial charge >= 0.3 is 29.6 Å². The van der Waals surface area contributed by atoms with E-state index in [1.54, 1.807) is 0 Å². The predicted molar refractivity (Wildman–Crippen MR) is 29.7 cm³/mol. The molecule has 8 heavy (non-hydrogen) atoms. The minimum absolute atomic E-state index is 0. The number of allylic oxidation sites excluding steroid dienone is 2. The van der Waals surface area contributed by atoms with E-state index in [0.29, 0.717) is 0 Å². The third-order valence-corrected chi connectivity index (χ3v) is 1.95. The van der Waals surface area contributed by atoms with Gasteiger partial charge in [-0.05, 0) is 0 Å². The summed E-state index contributed by atoms with van der Waals surface area (Å²) in [6, 6.07) is 0. The molecule has 0 aromatic carbocycles. The summed E-state index contributed by atoms with van der Waals surface area (Å²) in [5.74, 6) is 1.80. The summed E-state index contributed by atoms with van der Waals surface area (Å²) in [5, 5.41) is 0. The van der Waals surface area contributed by atoms with Gasteiger partial charge in [-0.15, -0.1) is 12.0 Å². The average molecular weight is 116 g/mol. The van der Waals surface area contributed by atoms with Crippen LogP contribution >= 0.6 is 0 Å². The van der Waals surface area contributed by atoms with Crippen molar-refractivity contribution in [3.63, 3.8) is 0 Å². The van der Waals surface area contributed by atoms with Gasteiger partial charge in [0.05, 0.1) is 0 Å². The second-order valence-electron chi connectivity index (χ2n) is 2.52. The minimum Gasteiger partial charge on any atom is -0.321 e. The van der Waals surface area contributed by atoms with Crippen molar-refractivity contribution in [1.29, 1.82) is 0 Å². The molecule has 2 rings (SSSR count). The first kappa shape index (κ1) is 6.85. The van der Waals surface area contributed by atoms with Gasteiger partial charge in [-0.3, -0.25) is 0 Å². The van der Waals surface area contributed by atoms with E-state index in [-0.39, 0.29) is 29.6 Å². The molecule has 0 aromatic heterocycles. The van der Waals surface area contributed by atoms with Crippen molar-refractivity contribution in [2.75, 3.05) is 0 Å². The third-order valence-electron chi connectivity index (χ3n) is 1.95. The molecule has 1 heteroatoms. The monoisotopic (exact) mass is 116 g/mol. The quantitative estimate of drug-likeness (QED) is 0.212. The van der Waals surface area contributed by atoms with Crippen molar-refractivity contribution >= 4 is 0 Å². The first-order valence-corrected chi connectivity index (χ1v) is 2.97. The van der Waals surface area contributed by atoms with Crippen molar-refractivity contribution in [1.82, 2.24) is 0 Å². The molecule has 2 aliphatic rings. The molecule has 2 aliphatic carbocycles. The summed E-state index contributed by atoms with van der Waals surface area (Å²) in [4.78, 5) is 0. The molecule has 0 aliphatic heterocycles. The first-order chi connectivity index (χ1) is 3.45. The maximum absolute atomic E-state index is 2.42. The van der Waals surface area contributed by atoms with E-state index in [9.17, 15) is 0 Å². The van der Waals surface area contributed by atoms with Crippen LogP contribution < -0.4 is 29.6 Å². The molecule has 0 heterocycles. The van der Waals surface area contributed by atoms with E-state index in [1.165, 1.54) is 12.8 Å². The van der Waals surface area contributed by atoms with E-state index in [0.717, 1.165) is 11.8 Å². The second kappa shape index (κ2) is 2.55. The fraction of sp³-hybridized carbons (Fsp3) is 0.571. The van der Waals surface area contributed by atoms with E-state index >= 15 is 0 Å². The van der Waals surface area contributed by atoms with E-state index in [2.05, 4.69) is 18.6 Å². The van der Waals surface area contributed by atoms with Crippen LogP contribution in [0.1, 0.15) is 12.8 Å². The first-order valence-electron chi connectivity index (χ1n) is 2.97. The van der Waals surface area contributed by atoms with Crippen molar-refractivity contribution in [3.05, 3.63) is 18.6 Å². The summed E-state index contributed by atoms with van der Waals surface area (Å²) < 4.78 is 0. The summed E-state index contributed by atoms with van der Waals surface area (Å²) >= 11 is 0. The standard InChI is InChI=1S/C7H9.Na/c1-2-7-4-3-6(1)5-7;/h1-3,6-7H,4-5H2;/q-1;+1. The van der Waals surface area contributed by atoms with Gasteiger partial charge in [0.1, 0.15) is 0 Å². The molecule has 0 radical (unpaired) electrons. The average Bonchev–Trinajstić information content (AvgIpc) is 2.22. The Morgan fingerprint density at radius 1 is 1.38 bits per heavy atom. The van der Waals surface area contributed by atoms with Crippen molar-refractivity contribution in [2.24, 2.45) is 11.8 Å². The number of hydrogen-bond acceptors (Lipinski definition) is 0. The van der Waals surface area contributed by atoms with Gasteiger partial charge in [-0.25, -0.2) is 0 Å². The number of rotatable bonds is 0. The normalized spacial score (nSPS) is 40.0. The summed E-state index contributed by atoms with van der Waals surface area (Å²) in [7, 11) is 0. The van der Waals surface area contributed by atoms with Gasteiger partial charge in [-0.1, -0.05) is 18.4 Å². The Bertz CT molecular complexity index is 95.0. The van der Waals surface area contributed by atoms with Crippen molar-refractivity contribution < 1.29 is 29.6 Å². The SMILES string of the molecule is C1=CC2C[CH-]C1C2.[Na+]. The Hall–Kier alpha value is 0.740. The van der Waals surface area contributed by atoms with Crippen molar-refractivity contribution in [2.45, 2.75) is 12.8 Å². The maximum atomic E-state index is 2.42. The zero-order valence-corrected chi connectivity index (χ0v) is 7.30. The molecule has 2 unspecified atom stereocenters. The van der Waals surface area contributed by atoms with Gasteiger partial charge in [0.2, 0.25) is 0 Å². The summed E-state index contributed by atoms with van der Waals surface area (Å²) in [6.07, 6.45) is 9.87. The van der Waals surface area contributed by atoms with Gasteiger partial charge < -0.3 is 6.42 Å². The maximum Gasteiger partial charge on any atom is 1.00 e. The molecule has 1 saturated carbocycles. The molecule has 1 fully saturated rings. The van der Waals surface area contributed by atoms with Crippen LogP contribution in [0, 0.1) is 18.3 Å². The Kier molecular flexibility index (Phi) is 2.19. The Balaban J connectivity index is 0.000000320. The molecule has 0 nitrogen and oxygen atoms in total. The van der Waals surface area contributed by atoms with Gasteiger partial charge in [0.25, 0.3) is 0 Å². The smallest absolute Gasteiger partial charge is 0.321 e. The van der Waals surface area contributed by atoms with Crippen LogP contribution in [-0.4, -0.2) is 0 Å². The van der Waals surface area contributed by atoms with Crippen LogP contribution in [0.2, 0.25) is 0 Å². The van der Waals surface area contributed by atoms with Crippen LogP contribution in [0.4, 0.5) is 0 Å². The number of hydrogen-bond donors (Lipinski definition) is 0. The summed E-state index contributed by atoms with van der Waals surface area (Å²) in [5.41, 5.74) is 0. The largest absolute Gasteiger partial charge is 1.00 e. The zero-order valence-electron chi connectivity index (χ0n) is 5.30. The van der Waals surface area contributed by atoms with Crippen LogP contribution in [-0.2, 0) is 0 Å². The molecule has 38 valence electrons. The topological polar surface area (TPSA) is 0 Å². The fourth-order valence-corrected chi connectivity index (χ4v) is 1.51. The molecule has 2 bridgehead atoms. The minimum atomic E-state index is 0.